The predicted octanol–water partition coefficient (Wildman–Crippen LogP) is 5.89. The Morgan fingerprint density at radius 2 is 1.79 bits per heavy atom. The summed E-state index contributed by atoms with van der Waals surface area (Å²) in [5.74, 6) is 0.226. The van der Waals surface area contributed by atoms with Gasteiger partial charge in [0.05, 0.1) is 6.42 Å². The van der Waals surface area contributed by atoms with E-state index >= 15 is 0 Å². The van der Waals surface area contributed by atoms with Gasteiger partial charge >= 0.3 is 0 Å². The predicted molar refractivity (Wildman–Crippen MR) is 143 cm³/mol. The summed E-state index contributed by atoms with van der Waals surface area (Å²) in [4.78, 5) is 31.3. The number of oxazole rings is 1. The standard InChI is InChI=1S/C29H23BrFN3O4/c1-16-28(36)34(13-12-17-2-11-23-20(14-17)15-24(35)32-23)29(37-16)26-25(18-5-9-22(31)10-6-18)33-27(38-26)19-3-7-21(30)8-4-19/h2-11,14,16,29H,12-13,15H2,1H3,(H,32,35)/t16-,29+/m1/s1. The van der Waals surface area contributed by atoms with E-state index in [0.29, 0.717) is 42.3 Å². The van der Waals surface area contributed by atoms with Crippen molar-refractivity contribution in [1.29, 1.82) is 0 Å². The van der Waals surface area contributed by atoms with Gasteiger partial charge in [-0.25, -0.2) is 9.37 Å². The Hall–Kier alpha value is -3.82. The number of benzene rings is 3. The lowest BCUT2D eigenvalue weighted by molar-refractivity contribution is -0.130. The molecule has 0 saturated carbocycles. The average Bonchev–Trinajstić information content (AvgIpc) is 3.58. The minimum atomic E-state index is -0.799. The second kappa shape index (κ2) is 9.81. The molecule has 2 atom stereocenters. The average molecular weight is 576 g/mol. The second-order valence-corrected chi connectivity index (χ2v) is 10.3. The first-order valence-corrected chi connectivity index (χ1v) is 13.1. The van der Waals surface area contributed by atoms with Crippen molar-refractivity contribution in [2.24, 2.45) is 0 Å². The van der Waals surface area contributed by atoms with Crippen LogP contribution in [0.2, 0.25) is 0 Å². The van der Waals surface area contributed by atoms with Crippen molar-refractivity contribution < 1.29 is 23.1 Å². The number of nitrogens with one attached hydrogen (secondary N) is 1. The summed E-state index contributed by atoms with van der Waals surface area (Å²) in [5, 5.41) is 2.84. The minimum Gasteiger partial charge on any atom is -0.436 e. The van der Waals surface area contributed by atoms with Crippen LogP contribution in [-0.4, -0.2) is 34.3 Å². The lowest BCUT2D eigenvalue weighted by atomic mass is 10.1. The van der Waals surface area contributed by atoms with Crippen LogP contribution in [0.5, 0.6) is 0 Å². The molecule has 0 aliphatic carbocycles. The van der Waals surface area contributed by atoms with Gasteiger partial charge in [0, 0.05) is 27.8 Å². The highest BCUT2D eigenvalue weighted by Crippen LogP contribution is 2.40. The normalized spacial score (nSPS) is 18.7. The molecule has 0 radical (unpaired) electrons. The van der Waals surface area contributed by atoms with E-state index in [1.54, 1.807) is 24.0 Å². The zero-order valence-electron chi connectivity index (χ0n) is 20.4. The van der Waals surface area contributed by atoms with Gasteiger partial charge in [0.15, 0.2) is 12.0 Å². The molecular formula is C29H23BrFN3O4. The number of carbonyl (C=O) groups is 2. The maximum Gasteiger partial charge on any atom is 0.253 e. The van der Waals surface area contributed by atoms with Gasteiger partial charge in [0.2, 0.25) is 11.8 Å². The molecular weight excluding hydrogens is 553 g/mol. The quantitative estimate of drug-likeness (QED) is 0.310. The first-order valence-electron chi connectivity index (χ1n) is 12.3. The van der Waals surface area contributed by atoms with E-state index in [1.165, 1.54) is 12.1 Å². The molecule has 0 spiro atoms. The van der Waals surface area contributed by atoms with E-state index in [9.17, 15) is 14.0 Å². The van der Waals surface area contributed by atoms with Crippen LogP contribution in [0, 0.1) is 5.82 Å². The van der Waals surface area contributed by atoms with E-state index in [-0.39, 0.29) is 17.6 Å². The van der Waals surface area contributed by atoms with Crippen molar-refractivity contribution in [1.82, 2.24) is 9.88 Å². The van der Waals surface area contributed by atoms with Gasteiger partial charge in [-0.3, -0.25) is 9.59 Å². The van der Waals surface area contributed by atoms with Crippen LogP contribution in [0.15, 0.2) is 75.6 Å². The number of carbonyl (C=O) groups excluding carboxylic acids is 2. The van der Waals surface area contributed by atoms with Crippen LogP contribution >= 0.6 is 15.9 Å². The Morgan fingerprint density at radius 3 is 2.55 bits per heavy atom. The number of amides is 2. The molecule has 1 aromatic heterocycles. The third-order valence-electron chi connectivity index (χ3n) is 6.77. The highest BCUT2D eigenvalue weighted by atomic mass is 79.9. The molecule has 0 bridgehead atoms. The van der Waals surface area contributed by atoms with E-state index in [1.807, 2.05) is 42.5 Å². The number of hydrogen-bond acceptors (Lipinski definition) is 5. The van der Waals surface area contributed by atoms with Gasteiger partial charge in [-0.15, -0.1) is 0 Å². The number of fused-ring (bicyclic) bond motifs is 1. The van der Waals surface area contributed by atoms with Crippen molar-refractivity contribution in [3.8, 4) is 22.7 Å². The molecule has 2 aliphatic rings. The maximum atomic E-state index is 13.7. The van der Waals surface area contributed by atoms with Gasteiger partial charge in [-0.1, -0.05) is 28.1 Å². The Morgan fingerprint density at radius 1 is 1.05 bits per heavy atom. The lowest BCUT2D eigenvalue weighted by Gasteiger charge is -2.22. The highest BCUT2D eigenvalue weighted by molar-refractivity contribution is 9.10. The fraction of sp³-hybridized carbons (Fsp3) is 0.207. The molecule has 1 fully saturated rings. The molecule has 6 rings (SSSR count). The summed E-state index contributed by atoms with van der Waals surface area (Å²) in [6.45, 7) is 2.09. The molecule has 7 nitrogen and oxygen atoms in total. The third kappa shape index (κ3) is 4.63. The molecule has 2 amide bonds. The molecule has 3 heterocycles. The van der Waals surface area contributed by atoms with Crippen molar-refractivity contribution in [2.45, 2.75) is 32.1 Å². The molecule has 38 heavy (non-hydrogen) atoms. The minimum absolute atomic E-state index is 0.0191. The summed E-state index contributed by atoms with van der Waals surface area (Å²) in [7, 11) is 0. The largest absolute Gasteiger partial charge is 0.436 e. The summed E-state index contributed by atoms with van der Waals surface area (Å²) >= 11 is 3.44. The van der Waals surface area contributed by atoms with Gasteiger partial charge < -0.3 is 19.4 Å². The number of anilines is 1. The van der Waals surface area contributed by atoms with Crippen LogP contribution in [0.3, 0.4) is 0 Å². The smallest absolute Gasteiger partial charge is 0.253 e. The Labute approximate surface area is 226 Å². The van der Waals surface area contributed by atoms with Crippen molar-refractivity contribution >= 4 is 33.4 Å². The molecule has 0 unspecified atom stereocenters. The van der Waals surface area contributed by atoms with Crippen LogP contribution < -0.4 is 5.32 Å². The van der Waals surface area contributed by atoms with Crippen LogP contribution in [0.1, 0.15) is 30.0 Å². The Bertz CT molecular complexity index is 1530. The van der Waals surface area contributed by atoms with Crippen LogP contribution in [0.4, 0.5) is 10.1 Å². The fourth-order valence-electron chi connectivity index (χ4n) is 4.82. The zero-order valence-corrected chi connectivity index (χ0v) is 22.0. The summed E-state index contributed by atoms with van der Waals surface area (Å²) in [6.07, 6.45) is -0.539. The van der Waals surface area contributed by atoms with E-state index in [2.05, 4.69) is 21.2 Å². The molecule has 9 heteroatoms. The van der Waals surface area contributed by atoms with Crippen molar-refractivity contribution in [3.63, 3.8) is 0 Å². The molecule has 3 aromatic carbocycles. The topological polar surface area (TPSA) is 84.7 Å². The summed E-state index contributed by atoms with van der Waals surface area (Å²) in [6, 6.07) is 19.4. The van der Waals surface area contributed by atoms with Crippen molar-refractivity contribution in [3.05, 3.63) is 93.9 Å². The molecule has 4 aromatic rings. The summed E-state index contributed by atoms with van der Waals surface area (Å²) < 4.78 is 27.0. The lowest BCUT2D eigenvalue weighted by Crippen LogP contribution is -2.32. The number of ether oxygens (including phenoxy) is 1. The molecule has 1 saturated heterocycles. The monoisotopic (exact) mass is 575 g/mol. The van der Waals surface area contributed by atoms with E-state index in [0.717, 1.165) is 26.9 Å². The van der Waals surface area contributed by atoms with Gasteiger partial charge in [0.1, 0.15) is 17.6 Å². The van der Waals surface area contributed by atoms with Crippen LogP contribution in [-0.2, 0) is 27.2 Å². The number of nitrogens with zero attached hydrogens (tertiary/aromatic N) is 2. The summed E-state index contributed by atoms with van der Waals surface area (Å²) in [5.41, 5.74) is 4.69. The maximum absolute atomic E-state index is 13.7. The van der Waals surface area contributed by atoms with Crippen molar-refractivity contribution in [2.75, 3.05) is 11.9 Å². The molecule has 1 N–H and O–H groups in total. The zero-order chi connectivity index (χ0) is 26.4. The Balaban J connectivity index is 1.34. The third-order valence-corrected chi connectivity index (χ3v) is 7.30. The first-order chi connectivity index (χ1) is 18.4. The SMILES string of the molecule is C[C@H]1O[C@@H](c2oc(-c3ccc(Br)cc3)nc2-c2ccc(F)cc2)N(CCc2ccc3c(c2)CC(=O)N3)C1=O. The molecule has 2 aliphatic heterocycles. The molecule has 192 valence electrons. The van der Waals surface area contributed by atoms with E-state index in [4.69, 9.17) is 14.1 Å². The van der Waals surface area contributed by atoms with E-state index < -0.39 is 12.3 Å². The number of hydrogen-bond donors (Lipinski definition) is 1. The highest BCUT2D eigenvalue weighted by Gasteiger charge is 2.42. The van der Waals surface area contributed by atoms with Gasteiger partial charge in [0.25, 0.3) is 5.91 Å². The number of aromatic nitrogens is 1. The first kappa shape index (κ1) is 24.5. The Kier molecular flexibility index (Phi) is 6.33. The fourth-order valence-corrected chi connectivity index (χ4v) is 5.09. The van der Waals surface area contributed by atoms with Crippen LogP contribution in [0.25, 0.3) is 22.7 Å². The second-order valence-electron chi connectivity index (χ2n) is 9.37. The number of halogens is 2. The number of rotatable bonds is 6. The van der Waals surface area contributed by atoms with Gasteiger partial charge in [-0.2, -0.15) is 0 Å². The van der Waals surface area contributed by atoms with Gasteiger partial charge in [-0.05, 0) is 79.1 Å².